The summed E-state index contributed by atoms with van der Waals surface area (Å²) in [7, 11) is 0. The molecule has 0 saturated carbocycles. The standard InChI is InChI=1S/C21H23ClN4O2/c1-15-19(20(22)26(24-15)16-8-3-2-4-9-16)21(27)23-14-17(18-10-7-13-28-18)25-11-5-6-12-25/h2-4,7-10,13,17H,5-6,11-12,14H2,1H3,(H,23,27)/t17-/m0/s1. The number of furan rings is 1. The van der Waals surface area contributed by atoms with Gasteiger partial charge in [0.05, 0.1) is 29.2 Å². The highest BCUT2D eigenvalue weighted by molar-refractivity contribution is 6.33. The Morgan fingerprint density at radius 2 is 1.96 bits per heavy atom. The van der Waals surface area contributed by atoms with E-state index in [1.54, 1.807) is 17.9 Å². The van der Waals surface area contributed by atoms with Gasteiger partial charge in [0.2, 0.25) is 0 Å². The van der Waals surface area contributed by atoms with Gasteiger partial charge in [-0.25, -0.2) is 4.68 Å². The first kappa shape index (κ1) is 18.8. The van der Waals surface area contributed by atoms with Crippen molar-refractivity contribution in [2.45, 2.75) is 25.8 Å². The lowest BCUT2D eigenvalue weighted by Gasteiger charge is -2.26. The number of aromatic nitrogens is 2. The molecule has 2 aromatic heterocycles. The van der Waals surface area contributed by atoms with Crippen molar-refractivity contribution in [3.63, 3.8) is 0 Å². The third-order valence-corrected chi connectivity index (χ3v) is 5.49. The fraction of sp³-hybridized carbons (Fsp3) is 0.333. The quantitative estimate of drug-likeness (QED) is 0.681. The minimum atomic E-state index is -0.222. The molecule has 1 aliphatic heterocycles. The van der Waals surface area contributed by atoms with Crippen LogP contribution in [0.15, 0.2) is 53.1 Å². The van der Waals surface area contributed by atoms with Crippen LogP contribution in [0.2, 0.25) is 5.15 Å². The smallest absolute Gasteiger partial charge is 0.256 e. The molecule has 3 heterocycles. The molecule has 28 heavy (non-hydrogen) atoms. The van der Waals surface area contributed by atoms with Crippen LogP contribution < -0.4 is 5.32 Å². The van der Waals surface area contributed by atoms with Gasteiger partial charge in [-0.15, -0.1) is 0 Å². The zero-order valence-corrected chi connectivity index (χ0v) is 16.5. The number of nitrogens with one attached hydrogen (secondary N) is 1. The summed E-state index contributed by atoms with van der Waals surface area (Å²) in [5.74, 6) is 0.644. The van der Waals surface area contributed by atoms with Gasteiger partial charge in [0.25, 0.3) is 5.91 Å². The van der Waals surface area contributed by atoms with Crippen molar-refractivity contribution in [2.24, 2.45) is 0 Å². The molecule has 0 bridgehead atoms. The minimum absolute atomic E-state index is 0.0182. The topological polar surface area (TPSA) is 63.3 Å². The summed E-state index contributed by atoms with van der Waals surface area (Å²) in [6.45, 7) is 4.27. The molecular weight excluding hydrogens is 376 g/mol. The van der Waals surface area contributed by atoms with E-state index in [1.165, 1.54) is 12.8 Å². The minimum Gasteiger partial charge on any atom is -0.468 e. The Morgan fingerprint density at radius 1 is 1.21 bits per heavy atom. The van der Waals surface area contributed by atoms with Crippen LogP contribution in [-0.4, -0.2) is 40.2 Å². The molecule has 146 valence electrons. The highest BCUT2D eigenvalue weighted by atomic mass is 35.5. The molecule has 6 nitrogen and oxygen atoms in total. The number of benzene rings is 1. The van der Waals surface area contributed by atoms with Gasteiger partial charge in [0.15, 0.2) is 0 Å². The summed E-state index contributed by atoms with van der Waals surface area (Å²) < 4.78 is 7.21. The maximum absolute atomic E-state index is 12.9. The van der Waals surface area contributed by atoms with E-state index < -0.39 is 0 Å². The normalized spacial score (nSPS) is 15.6. The Kier molecular flexibility index (Phi) is 5.50. The monoisotopic (exact) mass is 398 g/mol. The molecule has 1 aromatic carbocycles. The number of rotatable bonds is 6. The van der Waals surface area contributed by atoms with Gasteiger partial charge in [0.1, 0.15) is 10.9 Å². The van der Waals surface area contributed by atoms with Gasteiger partial charge in [-0.2, -0.15) is 5.10 Å². The Hall–Kier alpha value is -2.57. The Balaban J connectivity index is 1.52. The van der Waals surface area contributed by atoms with E-state index in [-0.39, 0.29) is 11.9 Å². The second kappa shape index (κ2) is 8.20. The van der Waals surface area contributed by atoms with Crippen LogP contribution >= 0.6 is 11.6 Å². The first-order chi connectivity index (χ1) is 13.6. The van der Waals surface area contributed by atoms with E-state index in [1.807, 2.05) is 42.5 Å². The SMILES string of the molecule is Cc1nn(-c2ccccc2)c(Cl)c1C(=O)NC[C@@H](c1ccco1)N1CCCC1. The highest BCUT2D eigenvalue weighted by Gasteiger charge is 2.27. The number of para-hydroxylation sites is 1. The van der Waals surface area contributed by atoms with Crippen molar-refractivity contribution in [3.05, 3.63) is 70.9 Å². The van der Waals surface area contributed by atoms with Crippen LogP contribution in [0.3, 0.4) is 0 Å². The summed E-state index contributed by atoms with van der Waals surface area (Å²) in [5, 5.41) is 7.80. The molecular formula is C21H23ClN4O2. The van der Waals surface area contributed by atoms with Crippen LogP contribution in [0.4, 0.5) is 0 Å². The number of carbonyl (C=O) groups excluding carboxylic acids is 1. The molecule has 0 unspecified atom stereocenters. The van der Waals surface area contributed by atoms with Crippen LogP contribution in [0.5, 0.6) is 0 Å². The number of amides is 1. The fourth-order valence-corrected chi connectivity index (χ4v) is 4.08. The average molecular weight is 399 g/mol. The van der Waals surface area contributed by atoms with Crippen LogP contribution in [-0.2, 0) is 0 Å². The van der Waals surface area contributed by atoms with Crippen molar-refractivity contribution in [2.75, 3.05) is 19.6 Å². The molecule has 3 aromatic rings. The van der Waals surface area contributed by atoms with Gasteiger partial charge >= 0.3 is 0 Å². The Morgan fingerprint density at radius 3 is 2.64 bits per heavy atom. The maximum atomic E-state index is 12.9. The number of halogens is 1. The van der Waals surface area contributed by atoms with Crippen molar-refractivity contribution < 1.29 is 9.21 Å². The van der Waals surface area contributed by atoms with Crippen LogP contribution in [0.25, 0.3) is 5.69 Å². The van der Waals surface area contributed by atoms with Gasteiger partial charge in [-0.05, 0) is 57.1 Å². The second-order valence-electron chi connectivity index (χ2n) is 6.98. The van der Waals surface area contributed by atoms with E-state index >= 15 is 0 Å². The first-order valence-corrected chi connectivity index (χ1v) is 9.89. The van der Waals surface area contributed by atoms with Gasteiger partial charge < -0.3 is 9.73 Å². The van der Waals surface area contributed by atoms with Crippen LogP contribution in [0, 0.1) is 6.92 Å². The molecule has 0 spiro atoms. The van der Waals surface area contributed by atoms with E-state index in [0.717, 1.165) is 24.5 Å². The largest absolute Gasteiger partial charge is 0.468 e. The van der Waals surface area contributed by atoms with Gasteiger partial charge in [0, 0.05) is 6.54 Å². The molecule has 1 fully saturated rings. The van der Waals surface area contributed by atoms with Crippen molar-refractivity contribution >= 4 is 17.5 Å². The molecule has 7 heteroatoms. The van der Waals surface area contributed by atoms with E-state index in [2.05, 4.69) is 15.3 Å². The van der Waals surface area contributed by atoms with E-state index in [9.17, 15) is 4.79 Å². The maximum Gasteiger partial charge on any atom is 0.256 e. The number of nitrogens with zero attached hydrogens (tertiary/aromatic N) is 3. The average Bonchev–Trinajstić information content (AvgIpc) is 3.45. The number of hydrogen-bond acceptors (Lipinski definition) is 4. The number of carbonyl (C=O) groups is 1. The zero-order valence-electron chi connectivity index (χ0n) is 15.8. The molecule has 4 rings (SSSR count). The van der Waals surface area contributed by atoms with E-state index in [0.29, 0.717) is 23.0 Å². The Labute approximate surface area is 169 Å². The summed E-state index contributed by atoms with van der Waals surface area (Å²) >= 11 is 6.51. The molecule has 1 aliphatic rings. The van der Waals surface area contributed by atoms with Crippen molar-refractivity contribution in [3.8, 4) is 5.69 Å². The molecule has 1 amide bonds. The van der Waals surface area contributed by atoms with Crippen LogP contribution in [0.1, 0.15) is 40.7 Å². The predicted molar refractivity (Wildman–Crippen MR) is 108 cm³/mol. The molecule has 1 N–H and O–H groups in total. The molecule has 1 saturated heterocycles. The van der Waals surface area contributed by atoms with E-state index in [4.69, 9.17) is 16.0 Å². The van der Waals surface area contributed by atoms with Gasteiger partial charge in [-0.3, -0.25) is 9.69 Å². The van der Waals surface area contributed by atoms with Crippen molar-refractivity contribution in [1.82, 2.24) is 20.0 Å². The fourth-order valence-electron chi connectivity index (χ4n) is 3.72. The summed E-state index contributed by atoms with van der Waals surface area (Å²) in [6, 6.07) is 13.4. The Bertz CT molecular complexity index is 931. The zero-order chi connectivity index (χ0) is 19.5. The first-order valence-electron chi connectivity index (χ1n) is 9.51. The number of aryl methyl sites for hydroxylation is 1. The second-order valence-corrected chi connectivity index (χ2v) is 7.34. The van der Waals surface area contributed by atoms with Crippen molar-refractivity contribution in [1.29, 1.82) is 0 Å². The third-order valence-electron chi connectivity index (χ3n) is 5.14. The lowest BCUT2D eigenvalue weighted by molar-refractivity contribution is 0.0933. The third kappa shape index (κ3) is 3.70. The predicted octanol–water partition coefficient (Wildman–Crippen LogP) is 3.99. The lowest BCUT2D eigenvalue weighted by atomic mass is 10.2. The highest BCUT2D eigenvalue weighted by Crippen LogP contribution is 2.26. The van der Waals surface area contributed by atoms with Gasteiger partial charge in [-0.1, -0.05) is 29.8 Å². The molecule has 1 atom stereocenters. The number of likely N-dealkylation sites (tertiary alicyclic amines) is 1. The summed E-state index contributed by atoms with van der Waals surface area (Å²) in [4.78, 5) is 15.3. The summed E-state index contributed by atoms with van der Waals surface area (Å²) in [6.07, 6.45) is 4.00. The molecule has 0 aliphatic carbocycles. The number of hydrogen-bond donors (Lipinski definition) is 1. The lowest BCUT2D eigenvalue weighted by Crippen LogP contribution is -2.36. The summed E-state index contributed by atoms with van der Waals surface area (Å²) in [5.41, 5.74) is 1.83. The molecule has 0 radical (unpaired) electrons.